The molecule has 3 aliphatic rings. The molecule has 2 aliphatic carbocycles. The Bertz CT molecular complexity index is 537. The van der Waals surface area contributed by atoms with Gasteiger partial charge in [-0.15, -0.1) is 0 Å². The molecule has 3 rings (SSSR count). The van der Waals surface area contributed by atoms with E-state index in [-0.39, 0.29) is 17.1 Å². The minimum absolute atomic E-state index is 0.0816. The van der Waals surface area contributed by atoms with Crippen LogP contribution in [0.4, 0.5) is 0 Å². The molecule has 1 aliphatic heterocycles. The first-order chi connectivity index (χ1) is 10.0. The van der Waals surface area contributed by atoms with Crippen molar-refractivity contribution in [1.82, 2.24) is 0 Å². The first-order valence-electron chi connectivity index (χ1n) is 8.30. The Morgan fingerprint density at radius 3 is 2.50 bits per heavy atom. The van der Waals surface area contributed by atoms with Crippen molar-refractivity contribution in [2.75, 3.05) is 6.61 Å². The van der Waals surface area contributed by atoms with Gasteiger partial charge in [-0.05, 0) is 64.4 Å². The van der Waals surface area contributed by atoms with E-state index in [0.717, 1.165) is 12.0 Å². The average Bonchev–Trinajstić information content (AvgIpc) is 2.89. The summed E-state index contributed by atoms with van der Waals surface area (Å²) in [4.78, 5) is 11.8. The predicted octanol–water partition coefficient (Wildman–Crippen LogP) is 2.98. The van der Waals surface area contributed by atoms with Crippen LogP contribution in [0.5, 0.6) is 0 Å². The smallest absolute Gasteiger partial charge is 0.163 e. The van der Waals surface area contributed by atoms with Gasteiger partial charge in [0, 0.05) is 6.42 Å². The molecule has 1 heterocycles. The van der Waals surface area contributed by atoms with E-state index >= 15 is 0 Å². The molecular weight excluding hydrogens is 280 g/mol. The Morgan fingerprint density at radius 2 is 1.95 bits per heavy atom. The fourth-order valence-corrected chi connectivity index (χ4v) is 4.81. The molecule has 1 N–H and O–H groups in total. The zero-order valence-electron chi connectivity index (χ0n) is 14.4. The lowest BCUT2D eigenvalue weighted by Gasteiger charge is -2.44. The molecule has 124 valence electrons. The summed E-state index contributed by atoms with van der Waals surface area (Å²) in [5.41, 5.74) is -0.567. The van der Waals surface area contributed by atoms with Crippen LogP contribution in [0.25, 0.3) is 0 Å². The summed E-state index contributed by atoms with van der Waals surface area (Å²) in [5.74, 6) is -0.184. The van der Waals surface area contributed by atoms with Crippen molar-refractivity contribution >= 4 is 5.78 Å². The third-order valence-corrected chi connectivity index (χ3v) is 6.36. The van der Waals surface area contributed by atoms with E-state index in [1.165, 1.54) is 0 Å². The normalized spacial score (nSPS) is 48.0. The number of hydrogen-bond donors (Lipinski definition) is 1. The average molecular weight is 308 g/mol. The highest BCUT2D eigenvalue weighted by Gasteiger charge is 2.63. The van der Waals surface area contributed by atoms with E-state index in [1.54, 1.807) is 6.08 Å². The van der Waals surface area contributed by atoms with Crippen LogP contribution in [0.2, 0.25) is 0 Å². The lowest BCUT2D eigenvalue weighted by molar-refractivity contribution is -0.208. The number of carbonyl (C=O) groups is 1. The largest absolute Gasteiger partial charge is 0.387 e. The van der Waals surface area contributed by atoms with E-state index < -0.39 is 17.0 Å². The molecule has 0 aromatic heterocycles. The standard InChI is InChI=1S/C18H28O4/c1-12-8-14(19)9-13(2)17(12)6-7-18(20,10-17)16(5)11-21-15(3,4)22-16/h8,13,20H,6-7,9-11H2,1-5H3/t13-,16+,17-,18?/m1/s1. The molecule has 4 heteroatoms. The zero-order chi connectivity index (χ0) is 16.4. The Hall–Kier alpha value is -0.710. The predicted molar refractivity (Wildman–Crippen MR) is 83.3 cm³/mol. The van der Waals surface area contributed by atoms with Crippen LogP contribution in [0, 0.1) is 11.3 Å². The highest BCUT2D eigenvalue weighted by molar-refractivity contribution is 5.91. The molecule has 1 saturated carbocycles. The second-order valence-corrected chi connectivity index (χ2v) is 8.28. The number of aliphatic hydroxyl groups is 1. The highest BCUT2D eigenvalue weighted by atomic mass is 16.8. The van der Waals surface area contributed by atoms with Crippen LogP contribution in [0.3, 0.4) is 0 Å². The third kappa shape index (κ3) is 2.19. The third-order valence-electron chi connectivity index (χ3n) is 6.36. The molecule has 4 nitrogen and oxygen atoms in total. The van der Waals surface area contributed by atoms with Crippen LogP contribution in [0.15, 0.2) is 11.6 Å². The SMILES string of the molecule is CC1=CC(=O)C[C@@H](C)[C@@]12CCC(O)([C@]1(C)COC(C)(C)O1)C2. The van der Waals surface area contributed by atoms with Gasteiger partial charge in [-0.25, -0.2) is 0 Å². The van der Waals surface area contributed by atoms with Gasteiger partial charge in [-0.3, -0.25) is 4.79 Å². The first kappa shape index (κ1) is 16.2. The topological polar surface area (TPSA) is 55.8 Å². The summed E-state index contributed by atoms with van der Waals surface area (Å²) in [7, 11) is 0. The van der Waals surface area contributed by atoms with Crippen LogP contribution >= 0.6 is 0 Å². The van der Waals surface area contributed by atoms with Crippen molar-refractivity contribution in [3.8, 4) is 0 Å². The lowest BCUT2D eigenvalue weighted by atomic mass is 9.63. The number of ketones is 1. The fraction of sp³-hybridized carbons (Fsp3) is 0.833. The molecular formula is C18H28O4. The van der Waals surface area contributed by atoms with Crippen LogP contribution in [-0.4, -0.2) is 34.5 Å². The number of carbonyl (C=O) groups excluding carboxylic acids is 1. The number of ether oxygens (including phenoxy) is 2. The molecule has 0 aromatic carbocycles. The number of hydrogen-bond acceptors (Lipinski definition) is 4. The molecule has 0 aromatic rings. The second-order valence-electron chi connectivity index (χ2n) is 8.28. The van der Waals surface area contributed by atoms with Gasteiger partial charge in [0.25, 0.3) is 0 Å². The Kier molecular flexibility index (Phi) is 3.42. The zero-order valence-corrected chi connectivity index (χ0v) is 14.4. The molecule has 1 unspecified atom stereocenters. The van der Waals surface area contributed by atoms with Gasteiger partial charge in [-0.2, -0.15) is 0 Å². The van der Waals surface area contributed by atoms with E-state index in [0.29, 0.717) is 25.9 Å². The fourth-order valence-electron chi connectivity index (χ4n) is 4.81. The maximum atomic E-state index is 11.8. The lowest BCUT2D eigenvalue weighted by Crippen LogP contribution is -2.54. The maximum Gasteiger partial charge on any atom is 0.163 e. The van der Waals surface area contributed by atoms with Gasteiger partial charge in [-0.1, -0.05) is 12.5 Å². The van der Waals surface area contributed by atoms with Gasteiger partial charge in [0.15, 0.2) is 11.6 Å². The number of rotatable bonds is 1. The Balaban J connectivity index is 1.91. The number of allylic oxidation sites excluding steroid dienone is 2. The quantitative estimate of drug-likeness (QED) is 0.809. The summed E-state index contributed by atoms with van der Waals surface area (Å²) < 4.78 is 11.8. The highest BCUT2D eigenvalue weighted by Crippen LogP contribution is 2.60. The minimum Gasteiger partial charge on any atom is -0.387 e. The van der Waals surface area contributed by atoms with E-state index in [4.69, 9.17) is 9.47 Å². The van der Waals surface area contributed by atoms with Crippen molar-refractivity contribution in [3.05, 3.63) is 11.6 Å². The van der Waals surface area contributed by atoms with Crippen molar-refractivity contribution < 1.29 is 19.4 Å². The van der Waals surface area contributed by atoms with Gasteiger partial charge >= 0.3 is 0 Å². The molecule has 2 fully saturated rings. The summed E-state index contributed by atoms with van der Waals surface area (Å²) in [5, 5.41) is 11.4. The monoisotopic (exact) mass is 308 g/mol. The van der Waals surface area contributed by atoms with E-state index in [9.17, 15) is 9.90 Å². The van der Waals surface area contributed by atoms with Gasteiger partial charge in [0.2, 0.25) is 0 Å². The van der Waals surface area contributed by atoms with Crippen molar-refractivity contribution in [3.63, 3.8) is 0 Å². The second kappa shape index (κ2) is 4.65. The van der Waals surface area contributed by atoms with Crippen molar-refractivity contribution in [1.29, 1.82) is 0 Å². The summed E-state index contributed by atoms with van der Waals surface area (Å²) in [6, 6.07) is 0. The van der Waals surface area contributed by atoms with E-state index in [1.807, 2.05) is 27.7 Å². The molecule has 0 radical (unpaired) electrons. The van der Waals surface area contributed by atoms with Gasteiger partial charge in [0.05, 0.1) is 12.2 Å². The molecule has 0 amide bonds. The molecule has 1 spiro atoms. The summed E-state index contributed by atoms with van der Waals surface area (Å²) in [6.07, 6.45) is 4.59. The minimum atomic E-state index is -0.912. The van der Waals surface area contributed by atoms with Crippen molar-refractivity contribution in [2.24, 2.45) is 11.3 Å². The Labute approximate surface area is 132 Å². The van der Waals surface area contributed by atoms with Crippen LogP contribution < -0.4 is 0 Å². The molecule has 1 saturated heterocycles. The van der Waals surface area contributed by atoms with E-state index in [2.05, 4.69) is 6.92 Å². The van der Waals surface area contributed by atoms with Gasteiger partial charge < -0.3 is 14.6 Å². The molecule has 0 bridgehead atoms. The van der Waals surface area contributed by atoms with Crippen molar-refractivity contribution in [2.45, 2.75) is 77.3 Å². The molecule has 4 atom stereocenters. The maximum absolute atomic E-state index is 11.8. The van der Waals surface area contributed by atoms with Crippen LogP contribution in [0.1, 0.15) is 60.3 Å². The van der Waals surface area contributed by atoms with Gasteiger partial charge in [0.1, 0.15) is 5.60 Å². The summed E-state index contributed by atoms with van der Waals surface area (Å²) >= 11 is 0. The molecule has 22 heavy (non-hydrogen) atoms. The Morgan fingerprint density at radius 1 is 1.27 bits per heavy atom. The first-order valence-corrected chi connectivity index (χ1v) is 8.30. The van der Waals surface area contributed by atoms with Crippen LogP contribution in [-0.2, 0) is 14.3 Å². The summed E-state index contributed by atoms with van der Waals surface area (Å²) in [6.45, 7) is 10.3.